The summed E-state index contributed by atoms with van der Waals surface area (Å²) >= 11 is 0. The molecule has 3 atom stereocenters. The SMILES string of the molecule is CCNC(=NCC(C)Oc1ccccc1F)NC1CC2CCCC(C1)N2C. The summed E-state index contributed by atoms with van der Waals surface area (Å²) in [4.78, 5) is 7.25. The summed E-state index contributed by atoms with van der Waals surface area (Å²) in [5.41, 5.74) is 0. The third-order valence-electron chi connectivity index (χ3n) is 5.70. The lowest BCUT2D eigenvalue weighted by Gasteiger charge is -2.47. The summed E-state index contributed by atoms with van der Waals surface area (Å²) in [5, 5.41) is 6.95. The van der Waals surface area contributed by atoms with Crippen LogP contribution in [0.15, 0.2) is 29.3 Å². The minimum Gasteiger partial charge on any atom is -0.486 e. The topological polar surface area (TPSA) is 48.9 Å². The van der Waals surface area contributed by atoms with Gasteiger partial charge in [0.2, 0.25) is 0 Å². The fraction of sp³-hybridized carbons (Fsp3) is 0.667. The first kappa shape index (κ1) is 19.9. The fourth-order valence-corrected chi connectivity index (χ4v) is 4.26. The van der Waals surface area contributed by atoms with E-state index < -0.39 is 0 Å². The molecular formula is C21H33FN4O. The molecule has 0 spiro atoms. The van der Waals surface area contributed by atoms with Crippen LogP contribution >= 0.6 is 0 Å². The van der Waals surface area contributed by atoms with Crippen molar-refractivity contribution in [3.8, 4) is 5.75 Å². The first-order valence-corrected chi connectivity index (χ1v) is 10.2. The second-order valence-corrected chi connectivity index (χ2v) is 7.80. The van der Waals surface area contributed by atoms with Crippen molar-refractivity contribution >= 4 is 5.96 Å². The fourth-order valence-electron chi connectivity index (χ4n) is 4.26. The van der Waals surface area contributed by atoms with Gasteiger partial charge in [0.05, 0.1) is 6.54 Å². The van der Waals surface area contributed by atoms with Gasteiger partial charge in [0, 0.05) is 24.7 Å². The Kier molecular flexibility index (Phi) is 6.94. The first-order valence-electron chi connectivity index (χ1n) is 10.2. The number of ether oxygens (including phenoxy) is 1. The highest BCUT2D eigenvalue weighted by Crippen LogP contribution is 2.32. The van der Waals surface area contributed by atoms with E-state index in [4.69, 9.17) is 4.74 Å². The van der Waals surface area contributed by atoms with Gasteiger partial charge in [-0.05, 0) is 58.7 Å². The van der Waals surface area contributed by atoms with Crippen LogP contribution in [0.1, 0.15) is 46.0 Å². The van der Waals surface area contributed by atoms with Crippen molar-refractivity contribution in [3.63, 3.8) is 0 Å². The molecule has 27 heavy (non-hydrogen) atoms. The Morgan fingerprint density at radius 2 is 2.00 bits per heavy atom. The maximum atomic E-state index is 13.7. The lowest BCUT2D eigenvalue weighted by atomic mass is 9.82. The number of piperidine rings is 2. The lowest BCUT2D eigenvalue weighted by molar-refractivity contribution is 0.0526. The van der Waals surface area contributed by atoms with Gasteiger partial charge in [-0.3, -0.25) is 0 Å². The Balaban J connectivity index is 1.55. The molecule has 2 saturated heterocycles. The van der Waals surface area contributed by atoms with E-state index in [0.29, 0.717) is 24.7 Å². The number of guanidine groups is 1. The summed E-state index contributed by atoms with van der Waals surface area (Å²) in [5.74, 6) is 0.770. The van der Waals surface area contributed by atoms with Crippen LogP contribution in [0.2, 0.25) is 0 Å². The third-order valence-corrected chi connectivity index (χ3v) is 5.70. The molecule has 3 unspecified atom stereocenters. The van der Waals surface area contributed by atoms with Gasteiger partial charge >= 0.3 is 0 Å². The predicted octanol–water partition coefficient (Wildman–Crippen LogP) is 3.16. The molecule has 0 amide bonds. The monoisotopic (exact) mass is 376 g/mol. The zero-order valence-electron chi connectivity index (χ0n) is 16.7. The van der Waals surface area contributed by atoms with Gasteiger partial charge < -0.3 is 20.3 Å². The average Bonchev–Trinajstić information content (AvgIpc) is 2.63. The van der Waals surface area contributed by atoms with Crippen LogP contribution in [0, 0.1) is 5.82 Å². The number of halogens is 1. The molecule has 1 aromatic carbocycles. The second kappa shape index (κ2) is 9.40. The molecule has 2 fully saturated rings. The Labute approximate surface area is 162 Å². The van der Waals surface area contributed by atoms with Gasteiger partial charge in [-0.1, -0.05) is 18.6 Å². The number of nitrogens with one attached hydrogen (secondary N) is 2. The Morgan fingerprint density at radius 3 is 2.67 bits per heavy atom. The highest BCUT2D eigenvalue weighted by atomic mass is 19.1. The van der Waals surface area contributed by atoms with Crippen molar-refractivity contribution in [2.45, 2.75) is 70.2 Å². The maximum absolute atomic E-state index is 13.7. The Bertz CT molecular complexity index is 624. The predicted molar refractivity (Wildman–Crippen MR) is 108 cm³/mol. The molecule has 0 aromatic heterocycles. The minimum absolute atomic E-state index is 0.200. The van der Waals surface area contributed by atoms with E-state index in [1.165, 1.54) is 38.2 Å². The number of nitrogens with zero attached hydrogens (tertiary/aromatic N) is 2. The summed E-state index contributed by atoms with van der Waals surface area (Å²) in [6, 6.07) is 8.32. The highest BCUT2D eigenvalue weighted by molar-refractivity contribution is 5.80. The van der Waals surface area contributed by atoms with E-state index in [0.717, 1.165) is 12.5 Å². The molecule has 150 valence electrons. The number of fused-ring (bicyclic) bond motifs is 2. The Morgan fingerprint density at radius 1 is 1.30 bits per heavy atom. The Hall–Kier alpha value is -1.82. The number of hydrogen-bond donors (Lipinski definition) is 2. The normalized spacial score (nSPS) is 27.1. The van der Waals surface area contributed by atoms with Crippen LogP contribution in [0.3, 0.4) is 0 Å². The number of aliphatic imine (C=N–C) groups is 1. The van der Waals surface area contributed by atoms with Gasteiger partial charge in [0.25, 0.3) is 0 Å². The molecule has 2 bridgehead atoms. The van der Waals surface area contributed by atoms with Crippen molar-refractivity contribution in [2.75, 3.05) is 20.1 Å². The molecule has 0 aliphatic carbocycles. The smallest absolute Gasteiger partial charge is 0.191 e. The average molecular weight is 377 g/mol. The van der Waals surface area contributed by atoms with Crippen LogP contribution in [0.5, 0.6) is 5.75 Å². The van der Waals surface area contributed by atoms with Crippen LogP contribution in [0.4, 0.5) is 4.39 Å². The van der Waals surface area contributed by atoms with Gasteiger partial charge in [0.15, 0.2) is 17.5 Å². The van der Waals surface area contributed by atoms with E-state index in [2.05, 4.69) is 34.5 Å². The molecule has 5 nitrogen and oxygen atoms in total. The standard InChI is InChI=1S/C21H33FN4O/c1-4-23-21(24-14-15(2)27-20-11-6-5-10-19(20)22)25-16-12-17-8-7-9-18(13-16)26(17)3/h5-6,10-11,15-18H,4,7-9,12-14H2,1-3H3,(H2,23,24,25). The van der Waals surface area contributed by atoms with Gasteiger partial charge in [0.1, 0.15) is 6.10 Å². The van der Waals surface area contributed by atoms with Crippen LogP contribution in [-0.2, 0) is 0 Å². The summed E-state index contributed by atoms with van der Waals surface area (Å²) in [6.45, 7) is 5.27. The summed E-state index contributed by atoms with van der Waals surface area (Å²) in [7, 11) is 2.27. The van der Waals surface area contributed by atoms with E-state index in [-0.39, 0.29) is 17.7 Å². The minimum atomic E-state index is -0.337. The van der Waals surface area contributed by atoms with Crippen molar-refractivity contribution < 1.29 is 9.13 Å². The molecular weight excluding hydrogens is 343 g/mol. The molecule has 1 aromatic rings. The first-order chi connectivity index (χ1) is 13.1. The van der Waals surface area contributed by atoms with Crippen LogP contribution in [0.25, 0.3) is 0 Å². The zero-order chi connectivity index (χ0) is 19.2. The zero-order valence-corrected chi connectivity index (χ0v) is 16.7. The van der Waals surface area contributed by atoms with E-state index in [9.17, 15) is 4.39 Å². The van der Waals surface area contributed by atoms with E-state index in [1.54, 1.807) is 18.2 Å². The molecule has 0 saturated carbocycles. The van der Waals surface area contributed by atoms with E-state index >= 15 is 0 Å². The summed E-state index contributed by atoms with van der Waals surface area (Å²) < 4.78 is 19.4. The third kappa shape index (κ3) is 5.34. The number of rotatable bonds is 6. The second-order valence-electron chi connectivity index (χ2n) is 7.80. The van der Waals surface area contributed by atoms with Crippen molar-refractivity contribution in [1.82, 2.24) is 15.5 Å². The quantitative estimate of drug-likeness (QED) is 0.591. The lowest BCUT2D eigenvalue weighted by Crippen LogP contribution is -2.56. The maximum Gasteiger partial charge on any atom is 0.191 e. The number of benzene rings is 1. The molecule has 2 N–H and O–H groups in total. The molecule has 0 radical (unpaired) electrons. The molecule has 6 heteroatoms. The van der Waals surface area contributed by atoms with Crippen molar-refractivity contribution in [3.05, 3.63) is 30.1 Å². The van der Waals surface area contributed by atoms with Gasteiger partial charge in [-0.2, -0.15) is 0 Å². The van der Waals surface area contributed by atoms with Crippen LogP contribution in [-0.4, -0.2) is 55.2 Å². The number of para-hydroxylation sites is 1. The van der Waals surface area contributed by atoms with E-state index in [1.807, 2.05) is 6.92 Å². The molecule has 2 heterocycles. The molecule has 2 aliphatic rings. The molecule has 3 rings (SSSR count). The van der Waals surface area contributed by atoms with Crippen molar-refractivity contribution in [1.29, 1.82) is 0 Å². The van der Waals surface area contributed by atoms with Crippen LogP contribution < -0.4 is 15.4 Å². The highest BCUT2D eigenvalue weighted by Gasteiger charge is 2.36. The van der Waals surface area contributed by atoms with Gasteiger partial charge in [-0.15, -0.1) is 0 Å². The molecule has 2 aliphatic heterocycles. The van der Waals surface area contributed by atoms with Gasteiger partial charge in [-0.25, -0.2) is 9.38 Å². The number of hydrogen-bond acceptors (Lipinski definition) is 3. The van der Waals surface area contributed by atoms with Crippen molar-refractivity contribution in [2.24, 2.45) is 4.99 Å². The summed E-state index contributed by atoms with van der Waals surface area (Å²) in [6.07, 6.45) is 6.08. The largest absolute Gasteiger partial charge is 0.486 e.